The number of thiazole rings is 1. The maximum absolute atomic E-state index is 12.1. The number of carbonyl (C=O) groups is 2. The molecule has 0 aliphatic rings. The van der Waals surface area contributed by atoms with E-state index in [1.165, 1.54) is 35.8 Å². The van der Waals surface area contributed by atoms with Gasteiger partial charge in [0.25, 0.3) is 5.91 Å². The molecule has 2 aromatic rings. The highest BCUT2D eigenvalue weighted by atomic mass is 32.2. The number of aromatic nitrogens is 1. The number of hydrogen-bond donors (Lipinski definition) is 2. The van der Waals surface area contributed by atoms with Crippen LogP contribution in [0.25, 0.3) is 0 Å². The number of hydrogen-bond acceptors (Lipinski definition) is 7. The molecule has 0 aliphatic carbocycles. The summed E-state index contributed by atoms with van der Waals surface area (Å²) in [7, 11) is -3.82. The zero-order valence-electron chi connectivity index (χ0n) is 14.7. The third-order valence-electron chi connectivity index (χ3n) is 3.64. The highest BCUT2D eigenvalue weighted by Gasteiger charge is 2.18. The SMILES string of the molecule is Cc1csc(=O)n1CCC(=O)OC(C)C(=O)Nc1ccc(S(N)(=O)=O)cc1. The molecule has 0 fully saturated rings. The second kappa shape index (κ2) is 8.46. The molecular formula is C16H19N3O6S2. The van der Waals surface area contributed by atoms with Crippen LogP contribution < -0.4 is 15.3 Å². The lowest BCUT2D eigenvalue weighted by molar-refractivity contribution is -0.153. The summed E-state index contributed by atoms with van der Waals surface area (Å²) in [6.45, 7) is 3.35. The Morgan fingerprint density at radius 1 is 1.30 bits per heavy atom. The highest BCUT2D eigenvalue weighted by molar-refractivity contribution is 7.89. The number of sulfonamides is 1. The minimum atomic E-state index is -3.82. The molecule has 1 unspecified atom stereocenters. The Morgan fingerprint density at radius 2 is 1.93 bits per heavy atom. The molecule has 1 amide bonds. The van der Waals surface area contributed by atoms with Gasteiger partial charge in [0.05, 0.1) is 11.3 Å². The molecule has 9 nitrogen and oxygen atoms in total. The number of anilines is 1. The zero-order chi connectivity index (χ0) is 20.2. The van der Waals surface area contributed by atoms with Gasteiger partial charge < -0.3 is 14.6 Å². The zero-order valence-corrected chi connectivity index (χ0v) is 16.3. The van der Waals surface area contributed by atoms with Crippen LogP contribution in [0.1, 0.15) is 19.0 Å². The molecule has 1 heterocycles. The second-order valence-electron chi connectivity index (χ2n) is 5.74. The average molecular weight is 413 g/mol. The molecule has 0 saturated carbocycles. The van der Waals surface area contributed by atoms with Crippen molar-refractivity contribution in [3.05, 3.63) is 45.0 Å². The Labute approximate surface area is 159 Å². The first-order valence-electron chi connectivity index (χ1n) is 7.86. The third-order valence-corrected chi connectivity index (χ3v) is 5.45. The Balaban J connectivity index is 1.87. The Morgan fingerprint density at radius 3 is 2.44 bits per heavy atom. The van der Waals surface area contributed by atoms with Crippen molar-refractivity contribution in [3.63, 3.8) is 0 Å². The van der Waals surface area contributed by atoms with Crippen molar-refractivity contribution in [1.29, 1.82) is 0 Å². The van der Waals surface area contributed by atoms with Gasteiger partial charge in [-0.25, -0.2) is 13.6 Å². The van der Waals surface area contributed by atoms with Gasteiger partial charge >= 0.3 is 10.8 Å². The number of rotatable bonds is 7. The molecular weight excluding hydrogens is 394 g/mol. The molecule has 0 bridgehead atoms. The van der Waals surface area contributed by atoms with Gasteiger partial charge in [-0.3, -0.25) is 14.4 Å². The van der Waals surface area contributed by atoms with Gasteiger partial charge in [-0.1, -0.05) is 11.3 Å². The average Bonchev–Trinajstić information content (AvgIpc) is 2.90. The summed E-state index contributed by atoms with van der Waals surface area (Å²) in [4.78, 5) is 35.3. The van der Waals surface area contributed by atoms with Crippen LogP contribution in [0.4, 0.5) is 5.69 Å². The summed E-state index contributed by atoms with van der Waals surface area (Å²) >= 11 is 1.05. The van der Waals surface area contributed by atoms with E-state index in [0.717, 1.165) is 17.0 Å². The van der Waals surface area contributed by atoms with Crippen molar-refractivity contribution in [2.75, 3.05) is 5.32 Å². The fourth-order valence-corrected chi connectivity index (χ4v) is 3.44. The van der Waals surface area contributed by atoms with E-state index in [1.807, 2.05) is 0 Å². The molecule has 2 rings (SSSR count). The van der Waals surface area contributed by atoms with Gasteiger partial charge in [-0.05, 0) is 38.1 Å². The number of carbonyl (C=O) groups excluding carboxylic acids is 2. The lowest BCUT2D eigenvalue weighted by Crippen LogP contribution is -2.30. The molecule has 0 spiro atoms. The quantitative estimate of drug-likeness (QED) is 0.645. The van der Waals surface area contributed by atoms with Gasteiger partial charge in [-0.15, -0.1) is 0 Å². The Hall–Kier alpha value is -2.50. The third kappa shape index (κ3) is 5.74. The maximum atomic E-state index is 12.1. The van der Waals surface area contributed by atoms with Crippen LogP contribution in [-0.4, -0.2) is 31.0 Å². The summed E-state index contributed by atoms with van der Waals surface area (Å²) in [5.41, 5.74) is 1.09. The second-order valence-corrected chi connectivity index (χ2v) is 8.12. The van der Waals surface area contributed by atoms with Crippen LogP contribution in [0.5, 0.6) is 0 Å². The number of amides is 1. The van der Waals surface area contributed by atoms with Gasteiger partial charge in [0.1, 0.15) is 0 Å². The van der Waals surface area contributed by atoms with E-state index in [4.69, 9.17) is 9.88 Å². The van der Waals surface area contributed by atoms with Crippen LogP contribution in [0.3, 0.4) is 0 Å². The largest absolute Gasteiger partial charge is 0.452 e. The molecule has 1 atom stereocenters. The minimum Gasteiger partial charge on any atom is -0.452 e. The Bertz CT molecular complexity index is 992. The number of nitrogens with zero attached hydrogens (tertiary/aromatic N) is 1. The predicted octanol–water partition coefficient (Wildman–Crippen LogP) is 0.826. The van der Waals surface area contributed by atoms with Crippen molar-refractivity contribution in [2.45, 2.75) is 37.8 Å². The summed E-state index contributed by atoms with van der Waals surface area (Å²) in [5, 5.41) is 9.21. The number of aryl methyl sites for hydroxylation is 1. The van der Waals surface area contributed by atoms with E-state index in [0.29, 0.717) is 5.69 Å². The van der Waals surface area contributed by atoms with Gasteiger partial charge in [0, 0.05) is 23.3 Å². The van der Waals surface area contributed by atoms with E-state index < -0.39 is 28.0 Å². The van der Waals surface area contributed by atoms with Gasteiger partial charge in [-0.2, -0.15) is 0 Å². The van der Waals surface area contributed by atoms with Crippen molar-refractivity contribution in [3.8, 4) is 0 Å². The van der Waals surface area contributed by atoms with E-state index in [9.17, 15) is 22.8 Å². The van der Waals surface area contributed by atoms with Crippen LogP contribution in [0.15, 0.2) is 39.3 Å². The summed E-state index contributed by atoms with van der Waals surface area (Å²) in [5.74, 6) is -1.18. The molecule has 1 aromatic heterocycles. The molecule has 27 heavy (non-hydrogen) atoms. The number of nitrogens with two attached hydrogens (primary N) is 1. The number of benzene rings is 1. The van der Waals surface area contributed by atoms with Crippen molar-refractivity contribution in [2.24, 2.45) is 5.14 Å². The molecule has 0 saturated heterocycles. The van der Waals surface area contributed by atoms with Crippen LogP contribution in [0.2, 0.25) is 0 Å². The fraction of sp³-hybridized carbons (Fsp3) is 0.312. The van der Waals surface area contributed by atoms with Crippen molar-refractivity contribution in [1.82, 2.24) is 4.57 Å². The number of primary sulfonamides is 1. The normalized spacial score (nSPS) is 12.4. The molecule has 11 heteroatoms. The summed E-state index contributed by atoms with van der Waals surface area (Å²) < 4.78 is 28.9. The molecule has 3 N–H and O–H groups in total. The monoisotopic (exact) mass is 413 g/mol. The predicted molar refractivity (Wildman–Crippen MR) is 99.9 cm³/mol. The van der Waals surface area contributed by atoms with Crippen LogP contribution in [-0.2, 0) is 30.9 Å². The Kier molecular flexibility index (Phi) is 6.52. The molecule has 0 aliphatic heterocycles. The number of ether oxygens (including phenoxy) is 1. The first kappa shape index (κ1) is 20.8. The van der Waals surface area contributed by atoms with Gasteiger partial charge in [0.2, 0.25) is 10.0 Å². The van der Waals surface area contributed by atoms with Crippen molar-refractivity contribution < 1.29 is 22.7 Å². The summed E-state index contributed by atoms with van der Waals surface area (Å²) in [6.07, 6.45) is -1.10. The lowest BCUT2D eigenvalue weighted by Gasteiger charge is -2.14. The number of nitrogens with one attached hydrogen (secondary N) is 1. The molecule has 0 radical (unpaired) electrons. The lowest BCUT2D eigenvalue weighted by atomic mass is 10.3. The van der Waals surface area contributed by atoms with E-state index in [2.05, 4.69) is 5.32 Å². The standard InChI is InChI=1S/C16H19N3O6S2/c1-10-9-26-16(22)19(10)8-7-14(20)25-11(2)15(21)18-12-3-5-13(6-4-12)27(17,23)24/h3-6,9,11H,7-8H2,1-2H3,(H,18,21)(H2,17,23,24). The van der Waals surface area contributed by atoms with Gasteiger partial charge in [0.15, 0.2) is 6.10 Å². The first-order valence-corrected chi connectivity index (χ1v) is 10.3. The highest BCUT2D eigenvalue weighted by Crippen LogP contribution is 2.13. The summed E-state index contributed by atoms with van der Waals surface area (Å²) in [6, 6.07) is 5.25. The van der Waals surface area contributed by atoms with Crippen molar-refractivity contribution >= 4 is 38.9 Å². The fourth-order valence-electron chi connectivity index (χ4n) is 2.16. The topological polar surface area (TPSA) is 138 Å². The smallest absolute Gasteiger partial charge is 0.308 e. The molecule has 146 valence electrons. The van der Waals surface area contributed by atoms with Crippen LogP contribution in [0, 0.1) is 6.92 Å². The van der Waals surface area contributed by atoms with E-state index >= 15 is 0 Å². The molecule has 1 aromatic carbocycles. The maximum Gasteiger partial charge on any atom is 0.308 e. The minimum absolute atomic E-state index is 0.0435. The van der Waals surface area contributed by atoms with E-state index in [1.54, 1.807) is 12.3 Å². The first-order chi connectivity index (χ1) is 12.6. The number of esters is 1. The van der Waals surface area contributed by atoms with Crippen LogP contribution >= 0.6 is 11.3 Å². The van der Waals surface area contributed by atoms with E-state index in [-0.39, 0.29) is 22.7 Å².